The summed E-state index contributed by atoms with van der Waals surface area (Å²) < 4.78 is 7.26. The van der Waals surface area contributed by atoms with Crippen molar-refractivity contribution in [3.05, 3.63) is 18.2 Å². The van der Waals surface area contributed by atoms with Gasteiger partial charge in [0.15, 0.2) is 0 Å². The topological polar surface area (TPSA) is 53.1 Å². The Hall–Kier alpha value is -0.870. The zero-order valence-electron chi connectivity index (χ0n) is 10.7. The van der Waals surface area contributed by atoms with Gasteiger partial charge in [0.25, 0.3) is 0 Å². The highest BCUT2D eigenvalue weighted by molar-refractivity contribution is 5.03. The maximum Gasteiger partial charge on any atom is 0.0948 e. The monoisotopic (exact) mass is 225 g/mol. The molecule has 0 fully saturated rings. The zero-order chi connectivity index (χ0) is 12.2. The molecule has 0 saturated heterocycles. The van der Waals surface area contributed by atoms with E-state index in [1.807, 2.05) is 19.4 Å². The molecule has 1 atom stereocenters. The van der Waals surface area contributed by atoms with Crippen LogP contribution in [-0.2, 0) is 11.3 Å². The second-order valence-corrected chi connectivity index (χ2v) is 5.14. The van der Waals surface area contributed by atoms with Gasteiger partial charge < -0.3 is 15.0 Å². The number of ether oxygens (including phenoxy) is 1. The largest absolute Gasteiger partial charge is 0.385 e. The summed E-state index contributed by atoms with van der Waals surface area (Å²) in [5, 5.41) is 0. The standard InChI is InChI=1S/C12H23N3O/c1-10(13)11-7-14-9-15(11)8-12(2,3)5-6-16-4/h7,9-10H,5-6,8,13H2,1-4H3. The third kappa shape index (κ3) is 3.61. The fourth-order valence-corrected chi connectivity index (χ4v) is 1.76. The number of nitrogens with zero attached hydrogens (tertiary/aromatic N) is 2. The van der Waals surface area contributed by atoms with Gasteiger partial charge in [-0.1, -0.05) is 13.8 Å². The summed E-state index contributed by atoms with van der Waals surface area (Å²) in [6, 6.07) is 0.0284. The lowest BCUT2D eigenvalue weighted by Crippen LogP contribution is -2.23. The smallest absolute Gasteiger partial charge is 0.0948 e. The number of hydrogen-bond donors (Lipinski definition) is 1. The Morgan fingerprint density at radius 3 is 2.81 bits per heavy atom. The van der Waals surface area contributed by atoms with Crippen molar-refractivity contribution < 1.29 is 4.74 Å². The minimum absolute atomic E-state index is 0.0284. The van der Waals surface area contributed by atoms with Gasteiger partial charge in [0.2, 0.25) is 0 Å². The van der Waals surface area contributed by atoms with Crippen LogP contribution in [0, 0.1) is 5.41 Å². The number of aromatic nitrogens is 2. The van der Waals surface area contributed by atoms with Crippen molar-refractivity contribution in [1.82, 2.24) is 9.55 Å². The lowest BCUT2D eigenvalue weighted by atomic mass is 9.89. The molecule has 4 heteroatoms. The molecule has 16 heavy (non-hydrogen) atoms. The van der Waals surface area contributed by atoms with Crippen molar-refractivity contribution in [3.8, 4) is 0 Å². The minimum Gasteiger partial charge on any atom is -0.385 e. The number of methoxy groups -OCH3 is 1. The van der Waals surface area contributed by atoms with Gasteiger partial charge >= 0.3 is 0 Å². The Labute approximate surface area is 97.8 Å². The highest BCUT2D eigenvalue weighted by Crippen LogP contribution is 2.24. The Balaban J connectivity index is 2.68. The molecule has 92 valence electrons. The first-order valence-corrected chi connectivity index (χ1v) is 5.71. The van der Waals surface area contributed by atoms with Crippen LogP contribution in [-0.4, -0.2) is 23.3 Å². The first-order valence-electron chi connectivity index (χ1n) is 5.71. The molecule has 0 radical (unpaired) electrons. The molecule has 1 rings (SSSR count). The van der Waals surface area contributed by atoms with Crippen LogP contribution < -0.4 is 5.73 Å². The molecule has 4 nitrogen and oxygen atoms in total. The van der Waals surface area contributed by atoms with Crippen LogP contribution in [0.25, 0.3) is 0 Å². The molecule has 1 unspecified atom stereocenters. The first kappa shape index (κ1) is 13.2. The summed E-state index contributed by atoms with van der Waals surface area (Å²) in [6.45, 7) is 8.16. The quantitative estimate of drug-likeness (QED) is 0.805. The molecular formula is C12H23N3O. The van der Waals surface area contributed by atoms with Crippen LogP contribution in [0.15, 0.2) is 12.5 Å². The Bertz CT molecular complexity index is 318. The fraction of sp³-hybridized carbons (Fsp3) is 0.750. The summed E-state index contributed by atoms with van der Waals surface area (Å²) >= 11 is 0. The molecule has 0 spiro atoms. The number of hydrogen-bond acceptors (Lipinski definition) is 3. The van der Waals surface area contributed by atoms with E-state index >= 15 is 0 Å². The van der Waals surface area contributed by atoms with E-state index in [0.29, 0.717) is 0 Å². The number of nitrogens with two attached hydrogens (primary N) is 1. The average molecular weight is 225 g/mol. The third-order valence-electron chi connectivity index (χ3n) is 2.79. The minimum atomic E-state index is 0.0284. The van der Waals surface area contributed by atoms with E-state index in [1.54, 1.807) is 7.11 Å². The fourth-order valence-electron chi connectivity index (χ4n) is 1.76. The average Bonchev–Trinajstić information content (AvgIpc) is 2.62. The van der Waals surface area contributed by atoms with Gasteiger partial charge in [-0.3, -0.25) is 0 Å². The van der Waals surface area contributed by atoms with Gasteiger partial charge in [-0.2, -0.15) is 0 Å². The van der Waals surface area contributed by atoms with E-state index in [-0.39, 0.29) is 11.5 Å². The molecule has 0 aromatic carbocycles. The van der Waals surface area contributed by atoms with Gasteiger partial charge in [-0.15, -0.1) is 0 Å². The highest BCUT2D eigenvalue weighted by Gasteiger charge is 2.20. The molecule has 2 N–H and O–H groups in total. The maximum absolute atomic E-state index is 5.89. The normalized spacial score (nSPS) is 14.1. The van der Waals surface area contributed by atoms with Crippen molar-refractivity contribution >= 4 is 0 Å². The molecule has 0 aliphatic carbocycles. The Morgan fingerprint density at radius 2 is 2.25 bits per heavy atom. The van der Waals surface area contributed by atoms with Crippen LogP contribution in [0.2, 0.25) is 0 Å². The molecule has 0 saturated carbocycles. The van der Waals surface area contributed by atoms with Crippen molar-refractivity contribution in [3.63, 3.8) is 0 Å². The first-order chi connectivity index (χ1) is 7.46. The van der Waals surface area contributed by atoms with E-state index in [0.717, 1.165) is 25.3 Å². The summed E-state index contributed by atoms with van der Waals surface area (Å²) in [7, 11) is 1.74. The molecule has 0 aliphatic heterocycles. The van der Waals surface area contributed by atoms with E-state index in [2.05, 4.69) is 23.4 Å². The molecule has 1 heterocycles. The van der Waals surface area contributed by atoms with E-state index in [4.69, 9.17) is 10.5 Å². The van der Waals surface area contributed by atoms with E-state index < -0.39 is 0 Å². The number of rotatable bonds is 6. The lowest BCUT2D eigenvalue weighted by molar-refractivity contribution is 0.142. The summed E-state index contributed by atoms with van der Waals surface area (Å²) in [5.74, 6) is 0. The van der Waals surface area contributed by atoms with Crippen molar-refractivity contribution in [2.24, 2.45) is 11.1 Å². The Kier molecular flexibility index (Phi) is 4.50. The van der Waals surface area contributed by atoms with Crippen molar-refractivity contribution in [1.29, 1.82) is 0 Å². The Morgan fingerprint density at radius 1 is 1.56 bits per heavy atom. The lowest BCUT2D eigenvalue weighted by Gasteiger charge is -2.26. The zero-order valence-corrected chi connectivity index (χ0v) is 10.7. The molecule has 1 aromatic rings. The number of imidazole rings is 1. The van der Waals surface area contributed by atoms with Crippen molar-refractivity contribution in [2.75, 3.05) is 13.7 Å². The van der Waals surface area contributed by atoms with Crippen molar-refractivity contribution in [2.45, 2.75) is 39.8 Å². The highest BCUT2D eigenvalue weighted by atomic mass is 16.5. The molecule has 0 aliphatic rings. The predicted octanol–water partition coefficient (Wildman–Crippen LogP) is 1.97. The van der Waals surface area contributed by atoms with E-state index in [9.17, 15) is 0 Å². The van der Waals surface area contributed by atoms with Crippen LogP contribution in [0.5, 0.6) is 0 Å². The molecule has 0 bridgehead atoms. The molecule has 0 amide bonds. The second kappa shape index (κ2) is 5.46. The molecular weight excluding hydrogens is 202 g/mol. The van der Waals surface area contributed by atoms with Gasteiger partial charge in [0.1, 0.15) is 0 Å². The van der Waals surface area contributed by atoms with Gasteiger partial charge in [-0.05, 0) is 18.8 Å². The van der Waals surface area contributed by atoms with Gasteiger partial charge in [0.05, 0.1) is 12.0 Å². The summed E-state index contributed by atoms with van der Waals surface area (Å²) in [5.41, 5.74) is 7.18. The van der Waals surface area contributed by atoms with E-state index in [1.165, 1.54) is 0 Å². The van der Waals surface area contributed by atoms with Gasteiger partial charge in [-0.25, -0.2) is 4.98 Å². The van der Waals surface area contributed by atoms with Crippen LogP contribution in [0.3, 0.4) is 0 Å². The van der Waals surface area contributed by atoms with Crippen LogP contribution in [0.4, 0.5) is 0 Å². The summed E-state index contributed by atoms with van der Waals surface area (Å²) in [6.07, 6.45) is 4.73. The third-order valence-corrected chi connectivity index (χ3v) is 2.79. The second-order valence-electron chi connectivity index (χ2n) is 5.14. The van der Waals surface area contributed by atoms with Crippen LogP contribution >= 0.6 is 0 Å². The predicted molar refractivity (Wildman–Crippen MR) is 65.1 cm³/mol. The SMILES string of the molecule is COCCC(C)(C)Cn1cncc1C(C)N. The molecule has 1 aromatic heterocycles. The van der Waals surface area contributed by atoms with Crippen LogP contribution in [0.1, 0.15) is 38.9 Å². The summed E-state index contributed by atoms with van der Waals surface area (Å²) in [4.78, 5) is 4.16. The van der Waals surface area contributed by atoms with Gasteiger partial charge in [0, 0.05) is 32.5 Å². The maximum atomic E-state index is 5.89.